The van der Waals surface area contributed by atoms with E-state index in [1.54, 1.807) is 31.4 Å². The maximum Gasteiger partial charge on any atom is 0.439 e. The van der Waals surface area contributed by atoms with E-state index in [-0.39, 0.29) is 6.04 Å². The van der Waals surface area contributed by atoms with Crippen LogP contribution in [0, 0.1) is 0 Å². The third-order valence-electron chi connectivity index (χ3n) is 5.56. The minimum Gasteiger partial charge on any atom is -0.481 e. The molecule has 0 saturated carbocycles. The molecule has 0 amide bonds. The molecule has 3 heterocycles. The van der Waals surface area contributed by atoms with Gasteiger partial charge in [0.1, 0.15) is 11.0 Å². The zero-order valence-electron chi connectivity index (χ0n) is 16.8. The summed E-state index contributed by atoms with van der Waals surface area (Å²) < 4.78 is 25.0. The van der Waals surface area contributed by atoms with Crippen molar-refractivity contribution in [1.82, 2.24) is 19.4 Å². The van der Waals surface area contributed by atoms with Gasteiger partial charge in [0.2, 0.25) is 5.88 Å². The number of nitrogens with one attached hydrogen (secondary N) is 1. The van der Waals surface area contributed by atoms with E-state index in [4.69, 9.17) is 4.74 Å². The molecule has 3 aromatic rings. The minimum absolute atomic E-state index is 0.127. The standard InChI is InChI=1S/C22H20N4O4S/c1-29-20-9-5-17(13-23-20)15-4-8-19-16(12-15)10-11-26(19)31(28)18-6-2-14(3-7-18)21-24-22(27)30-25-21/h2-7,9,12-13,19H,8,10-11H2,1H3,(H,24,25,27). The highest BCUT2D eigenvalue weighted by Gasteiger charge is 2.34. The smallest absolute Gasteiger partial charge is 0.439 e. The Bertz CT molecular complexity index is 1240. The van der Waals surface area contributed by atoms with Gasteiger partial charge in [-0.1, -0.05) is 17.3 Å². The number of allylic oxidation sites excluding steroid dienone is 2. The second-order valence-electron chi connectivity index (χ2n) is 7.33. The number of ether oxygens (including phenoxy) is 1. The summed E-state index contributed by atoms with van der Waals surface area (Å²) in [6, 6.07) is 11.1. The average Bonchev–Trinajstić information content (AvgIpc) is 3.44. The Labute approximate surface area is 180 Å². The maximum atomic E-state index is 13.2. The van der Waals surface area contributed by atoms with E-state index in [1.165, 1.54) is 5.57 Å². The molecule has 2 aromatic heterocycles. The lowest BCUT2D eigenvalue weighted by Crippen LogP contribution is -2.32. The van der Waals surface area contributed by atoms with Crippen LogP contribution in [0.3, 0.4) is 0 Å². The van der Waals surface area contributed by atoms with Crippen LogP contribution in [0.1, 0.15) is 18.4 Å². The molecule has 1 N–H and O–H groups in total. The summed E-state index contributed by atoms with van der Waals surface area (Å²) in [6.07, 6.45) is 7.87. The van der Waals surface area contributed by atoms with Crippen molar-refractivity contribution in [2.24, 2.45) is 0 Å². The highest BCUT2D eigenvalue weighted by atomic mass is 32.2. The third kappa shape index (κ3) is 3.77. The van der Waals surface area contributed by atoms with Crippen LogP contribution in [0.5, 0.6) is 5.88 Å². The van der Waals surface area contributed by atoms with Crippen molar-refractivity contribution in [2.75, 3.05) is 13.7 Å². The van der Waals surface area contributed by atoms with Crippen molar-refractivity contribution in [2.45, 2.75) is 23.8 Å². The molecule has 1 aliphatic carbocycles. The first kappa shape index (κ1) is 19.7. The Morgan fingerprint density at radius 2 is 2.00 bits per heavy atom. The van der Waals surface area contributed by atoms with Crippen LogP contribution in [-0.4, -0.2) is 43.3 Å². The number of fused-ring (bicyclic) bond motifs is 1. The Morgan fingerprint density at radius 3 is 2.68 bits per heavy atom. The van der Waals surface area contributed by atoms with Crippen LogP contribution < -0.4 is 10.5 Å². The number of hydrogen-bond acceptors (Lipinski definition) is 6. The SMILES string of the molecule is COc1ccc(C2=CCC3C(=C2)CCN3S(=O)c2ccc(-c3noc(=O)[nH]3)cc2)cn1. The van der Waals surface area contributed by atoms with Gasteiger partial charge in [0.15, 0.2) is 5.82 Å². The molecule has 9 heteroatoms. The second kappa shape index (κ2) is 8.09. The van der Waals surface area contributed by atoms with E-state index >= 15 is 0 Å². The molecular weight excluding hydrogens is 416 g/mol. The van der Waals surface area contributed by atoms with Crippen molar-refractivity contribution in [1.29, 1.82) is 0 Å². The topological polar surface area (TPSA) is 101 Å². The summed E-state index contributed by atoms with van der Waals surface area (Å²) >= 11 is 0. The van der Waals surface area contributed by atoms with Crippen molar-refractivity contribution in [3.8, 4) is 17.3 Å². The first-order valence-electron chi connectivity index (χ1n) is 9.88. The first-order chi connectivity index (χ1) is 15.1. The number of hydrogen-bond donors (Lipinski definition) is 1. The molecule has 0 radical (unpaired) electrons. The number of aromatic amines is 1. The molecule has 5 rings (SSSR count). The lowest BCUT2D eigenvalue weighted by atomic mass is 9.92. The lowest BCUT2D eigenvalue weighted by Gasteiger charge is -2.25. The largest absolute Gasteiger partial charge is 0.481 e. The van der Waals surface area contributed by atoms with Gasteiger partial charge in [-0.2, -0.15) is 0 Å². The van der Waals surface area contributed by atoms with Crippen LogP contribution in [0.25, 0.3) is 17.0 Å². The Balaban J connectivity index is 1.31. The fourth-order valence-corrected chi connectivity index (χ4v) is 5.32. The number of aromatic nitrogens is 3. The number of methoxy groups -OCH3 is 1. The third-order valence-corrected chi connectivity index (χ3v) is 7.10. The van der Waals surface area contributed by atoms with Gasteiger partial charge in [-0.3, -0.25) is 9.51 Å². The Hall–Kier alpha value is -3.30. The number of benzene rings is 1. The van der Waals surface area contributed by atoms with Crippen LogP contribution >= 0.6 is 0 Å². The summed E-state index contributed by atoms with van der Waals surface area (Å²) in [5, 5.41) is 3.68. The Morgan fingerprint density at radius 1 is 1.19 bits per heavy atom. The van der Waals surface area contributed by atoms with Gasteiger partial charge in [0.25, 0.3) is 0 Å². The normalized spacial score (nSPS) is 19.5. The zero-order chi connectivity index (χ0) is 21.4. The molecular formula is C22H20N4O4S. The fourth-order valence-electron chi connectivity index (χ4n) is 3.97. The van der Waals surface area contributed by atoms with E-state index in [1.807, 2.05) is 22.6 Å². The van der Waals surface area contributed by atoms with Crippen molar-refractivity contribution < 1.29 is 13.5 Å². The van der Waals surface area contributed by atoms with Crippen LogP contribution in [-0.2, 0) is 11.0 Å². The zero-order valence-corrected chi connectivity index (χ0v) is 17.6. The first-order valence-corrected chi connectivity index (χ1v) is 11.0. The quantitative estimate of drug-likeness (QED) is 0.660. The second-order valence-corrected chi connectivity index (χ2v) is 8.77. The van der Waals surface area contributed by atoms with Crippen LogP contribution in [0.4, 0.5) is 0 Å². The van der Waals surface area contributed by atoms with E-state index in [9.17, 15) is 9.00 Å². The molecule has 1 fully saturated rings. The Kier molecular flexibility index (Phi) is 5.13. The van der Waals surface area contributed by atoms with E-state index in [2.05, 4.69) is 31.8 Å². The van der Waals surface area contributed by atoms with Gasteiger partial charge in [-0.25, -0.2) is 18.3 Å². The maximum absolute atomic E-state index is 13.2. The van der Waals surface area contributed by atoms with E-state index in [0.717, 1.165) is 30.5 Å². The van der Waals surface area contributed by atoms with Gasteiger partial charge in [-0.05, 0) is 59.9 Å². The van der Waals surface area contributed by atoms with Gasteiger partial charge < -0.3 is 4.74 Å². The summed E-state index contributed by atoms with van der Waals surface area (Å²) in [5.41, 5.74) is 4.18. The predicted octanol–water partition coefficient (Wildman–Crippen LogP) is 2.94. The van der Waals surface area contributed by atoms with Gasteiger partial charge in [0, 0.05) is 30.4 Å². The molecule has 1 aliphatic heterocycles. The molecule has 8 nitrogen and oxygen atoms in total. The number of nitrogens with zero attached hydrogens (tertiary/aromatic N) is 3. The average molecular weight is 436 g/mol. The lowest BCUT2D eigenvalue weighted by molar-refractivity contribution is 0.388. The molecule has 0 spiro atoms. The summed E-state index contributed by atoms with van der Waals surface area (Å²) in [5.74, 6) is 0.343. The fraction of sp³-hybridized carbons (Fsp3) is 0.227. The number of pyridine rings is 1. The molecule has 2 unspecified atom stereocenters. The number of H-pyrrole nitrogens is 1. The van der Waals surface area contributed by atoms with Crippen molar-refractivity contribution >= 4 is 16.6 Å². The van der Waals surface area contributed by atoms with Crippen LogP contribution in [0.2, 0.25) is 0 Å². The highest BCUT2D eigenvalue weighted by molar-refractivity contribution is 7.82. The van der Waals surface area contributed by atoms with Gasteiger partial charge >= 0.3 is 5.76 Å². The molecule has 2 aliphatic rings. The summed E-state index contributed by atoms with van der Waals surface area (Å²) in [4.78, 5) is 18.6. The predicted molar refractivity (Wildman–Crippen MR) is 116 cm³/mol. The highest BCUT2D eigenvalue weighted by Crippen LogP contribution is 2.36. The molecule has 158 valence electrons. The molecule has 31 heavy (non-hydrogen) atoms. The monoisotopic (exact) mass is 436 g/mol. The summed E-state index contributed by atoms with van der Waals surface area (Å²) in [6.45, 7) is 0.740. The molecule has 1 aromatic carbocycles. The number of rotatable bonds is 5. The van der Waals surface area contributed by atoms with Crippen molar-refractivity contribution in [3.63, 3.8) is 0 Å². The minimum atomic E-state index is -1.28. The summed E-state index contributed by atoms with van der Waals surface area (Å²) in [7, 11) is 0.324. The molecule has 1 saturated heterocycles. The van der Waals surface area contributed by atoms with Gasteiger partial charge in [-0.15, -0.1) is 0 Å². The van der Waals surface area contributed by atoms with Crippen molar-refractivity contribution in [3.05, 3.63) is 76.4 Å². The van der Waals surface area contributed by atoms with Gasteiger partial charge in [0.05, 0.1) is 12.0 Å². The van der Waals surface area contributed by atoms with E-state index in [0.29, 0.717) is 22.2 Å². The molecule has 2 atom stereocenters. The van der Waals surface area contributed by atoms with Crippen LogP contribution in [0.15, 0.2) is 74.5 Å². The van der Waals surface area contributed by atoms with E-state index < -0.39 is 16.7 Å². The molecule has 0 bridgehead atoms.